The number of esters is 1. The highest BCUT2D eigenvalue weighted by Crippen LogP contribution is 2.08. The third kappa shape index (κ3) is 4.49. The molecule has 0 fully saturated rings. The summed E-state index contributed by atoms with van der Waals surface area (Å²) in [5.74, 6) is -0.219. The number of aromatic nitrogens is 1. The third-order valence-corrected chi connectivity index (χ3v) is 2.04. The Balaban J connectivity index is 2.35. The van der Waals surface area contributed by atoms with E-state index in [1.165, 1.54) is 0 Å². The molecule has 4 heteroatoms. The van der Waals surface area contributed by atoms with Crippen LogP contribution in [0.15, 0.2) is 18.5 Å². The summed E-state index contributed by atoms with van der Waals surface area (Å²) in [5.41, 5.74) is 0.691. The predicted molar refractivity (Wildman–Crippen MR) is 62.9 cm³/mol. The molecule has 16 heavy (non-hydrogen) atoms. The molecule has 0 unspecified atom stereocenters. The monoisotopic (exact) mass is 224 g/mol. The zero-order chi connectivity index (χ0) is 12.2. The molecule has 0 aliphatic rings. The standard InChI is InChI=1S/C12H20N2O2/c1-9(11(15)16-12(2,3)4)14-8-10-5-6-13-7-10/h5-7,9,13-14H,8H2,1-4H3/t9-/m0/s1. The van der Waals surface area contributed by atoms with Crippen LogP contribution < -0.4 is 5.32 Å². The molecule has 0 radical (unpaired) electrons. The average Bonchev–Trinajstić information content (AvgIpc) is 2.63. The van der Waals surface area contributed by atoms with Crippen LogP contribution in [-0.2, 0) is 16.1 Å². The summed E-state index contributed by atoms with van der Waals surface area (Å²) in [5, 5.41) is 3.11. The van der Waals surface area contributed by atoms with Gasteiger partial charge in [0.15, 0.2) is 0 Å². The summed E-state index contributed by atoms with van der Waals surface area (Å²) < 4.78 is 5.26. The van der Waals surface area contributed by atoms with Crippen molar-refractivity contribution in [2.45, 2.75) is 45.9 Å². The van der Waals surface area contributed by atoms with E-state index in [2.05, 4.69) is 10.3 Å². The molecule has 1 aromatic heterocycles. The first-order valence-corrected chi connectivity index (χ1v) is 5.46. The van der Waals surface area contributed by atoms with Gasteiger partial charge in [-0.3, -0.25) is 4.79 Å². The van der Waals surface area contributed by atoms with E-state index < -0.39 is 5.60 Å². The van der Waals surface area contributed by atoms with Gasteiger partial charge in [0.25, 0.3) is 0 Å². The molecule has 1 atom stereocenters. The van der Waals surface area contributed by atoms with Crippen LogP contribution in [0.4, 0.5) is 0 Å². The van der Waals surface area contributed by atoms with E-state index in [9.17, 15) is 4.79 Å². The summed E-state index contributed by atoms with van der Waals surface area (Å²) >= 11 is 0. The van der Waals surface area contributed by atoms with Gasteiger partial charge >= 0.3 is 5.97 Å². The minimum absolute atomic E-state index is 0.219. The first kappa shape index (κ1) is 12.8. The maximum atomic E-state index is 11.6. The number of ether oxygens (including phenoxy) is 1. The van der Waals surface area contributed by atoms with Crippen LogP contribution >= 0.6 is 0 Å². The largest absolute Gasteiger partial charge is 0.459 e. The first-order chi connectivity index (χ1) is 7.38. The molecule has 90 valence electrons. The minimum Gasteiger partial charge on any atom is -0.459 e. The quantitative estimate of drug-likeness (QED) is 0.767. The topological polar surface area (TPSA) is 54.1 Å². The van der Waals surface area contributed by atoms with Gasteiger partial charge in [-0.25, -0.2) is 0 Å². The fourth-order valence-electron chi connectivity index (χ4n) is 1.21. The Morgan fingerprint density at radius 3 is 2.75 bits per heavy atom. The van der Waals surface area contributed by atoms with Gasteiger partial charge in [0.2, 0.25) is 0 Å². The maximum Gasteiger partial charge on any atom is 0.323 e. The number of nitrogens with one attached hydrogen (secondary N) is 2. The molecule has 1 heterocycles. The van der Waals surface area contributed by atoms with Crippen molar-refractivity contribution >= 4 is 5.97 Å². The molecule has 4 nitrogen and oxygen atoms in total. The van der Waals surface area contributed by atoms with E-state index in [-0.39, 0.29) is 12.0 Å². The molecule has 0 aliphatic heterocycles. The van der Waals surface area contributed by atoms with Gasteiger partial charge in [0.05, 0.1) is 0 Å². The van der Waals surface area contributed by atoms with Crippen molar-refractivity contribution in [1.82, 2.24) is 10.3 Å². The Hall–Kier alpha value is -1.29. The van der Waals surface area contributed by atoms with Crippen molar-refractivity contribution in [3.8, 4) is 0 Å². The number of hydrogen-bond donors (Lipinski definition) is 2. The van der Waals surface area contributed by atoms with Gasteiger partial charge in [-0.2, -0.15) is 0 Å². The predicted octanol–water partition coefficient (Wildman–Crippen LogP) is 1.83. The van der Waals surface area contributed by atoms with E-state index in [0.717, 1.165) is 5.56 Å². The van der Waals surface area contributed by atoms with Crippen molar-refractivity contribution in [2.75, 3.05) is 0 Å². The highest BCUT2D eigenvalue weighted by molar-refractivity contribution is 5.75. The lowest BCUT2D eigenvalue weighted by molar-refractivity contribution is -0.157. The Bertz CT molecular complexity index is 325. The number of carbonyl (C=O) groups excluding carboxylic acids is 1. The van der Waals surface area contributed by atoms with Crippen LogP contribution in [-0.4, -0.2) is 22.6 Å². The van der Waals surface area contributed by atoms with Gasteiger partial charge < -0.3 is 15.0 Å². The van der Waals surface area contributed by atoms with Crippen molar-refractivity contribution in [1.29, 1.82) is 0 Å². The Morgan fingerprint density at radius 1 is 1.56 bits per heavy atom. The molecule has 0 bridgehead atoms. The second-order valence-corrected chi connectivity index (χ2v) is 4.86. The van der Waals surface area contributed by atoms with E-state index in [0.29, 0.717) is 6.54 Å². The Kier molecular flexibility index (Phi) is 4.12. The number of carbonyl (C=O) groups is 1. The van der Waals surface area contributed by atoms with Crippen molar-refractivity contribution in [2.24, 2.45) is 0 Å². The summed E-state index contributed by atoms with van der Waals surface area (Å²) in [6.07, 6.45) is 3.75. The summed E-state index contributed by atoms with van der Waals surface area (Å²) in [6.45, 7) is 8.06. The number of rotatable bonds is 4. The van der Waals surface area contributed by atoms with Gasteiger partial charge in [-0.1, -0.05) is 0 Å². The zero-order valence-electron chi connectivity index (χ0n) is 10.3. The summed E-state index contributed by atoms with van der Waals surface area (Å²) in [6, 6.07) is 1.67. The van der Waals surface area contributed by atoms with E-state index >= 15 is 0 Å². The summed E-state index contributed by atoms with van der Waals surface area (Å²) in [7, 11) is 0. The Morgan fingerprint density at radius 2 is 2.25 bits per heavy atom. The highest BCUT2D eigenvalue weighted by atomic mass is 16.6. The average molecular weight is 224 g/mol. The third-order valence-electron chi connectivity index (χ3n) is 2.04. The normalized spacial score (nSPS) is 13.5. The molecule has 0 aromatic carbocycles. The molecule has 0 aliphatic carbocycles. The van der Waals surface area contributed by atoms with Gasteiger partial charge in [0.1, 0.15) is 11.6 Å². The number of aromatic amines is 1. The molecule has 0 spiro atoms. The van der Waals surface area contributed by atoms with E-state index in [4.69, 9.17) is 4.74 Å². The summed E-state index contributed by atoms with van der Waals surface area (Å²) in [4.78, 5) is 14.6. The fourth-order valence-corrected chi connectivity index (χ4v) is 1.21. The number of H-pyrrole nitrogens is 1. The lowest BCUT2D eigenvalue weighted by Crippen LogP contribution is -2.38. The number of hydrogen-bond acceptors (Lipinski definition) is 3. The van der Waals surface area contributed by atoms with Gasteiger partial charge in [0, 0.05) is 18.9 Å². The van der Waals surface area contributed by atoms with Crippen LogP contribution in [0.3, 0.4) is 0 Å². The van der Waals surface area contributed by atoms with E-state index in [1.54, 1.807) is 6.92 Å². The van der Waals surface area contributed by atoms with Gasteiger partial charge in [-0.05, 0) is 39.3 Å². The molecular weight excluding hydrogens is 204 g/mol. The molecule has 2 N–H and O–H groups in total. The van der Waals surface area contributed by atoms with Crippen molar-refractivity contribution in [3.63, 3.8) is 0 Å². The van der Waals surface area contributed by atoms with Crippen LogP contribution in [0.2, 0.25) is 0 Å². The van der Waals surface area contributed by atoms with Crippen LogP contribution in [0, 0.1) is 0 Å². The lowest BCUT2D eigenvalue weighted by Gasteiger charge is -2.22. The van der Waals surface area contributed by atoms with Crippen molar-refractivity contribution in [3.05, 3.63) is 24.0 Å². The molecule has 0 saturated heterocycles. The van der Waals surface area contributed by atoms with Gasteiger partial charge in [-0.15, -0.1) is 0 Å². The van der Waals surface area contributed by atoms with Crippen LogP contribution in [0.25, 0.3) is 0 Å². The van der Waals surface area contributed by atoms with Crippen molar-refractivity contribution < 1.29 is 9.53 Å². The zero-order valence-corrected chi connectivity index (χ0v) is 10.3. The second kappa shape index (κ2) is 5.16. The smallest absolute Gasteiger partial charge is 0.323 e. The first-order valence-electron chi connectivity index (χ1n) is 5.46. The molecule has 0 amide bonds. The minimum atomic E-state index is -0.429. The Labute approximate surface area is 96.4 Å². The molecule has 1 aromatic rings. The second-order valence-electron chi connectivity index (χ2n) is 4.86. The van der Waals surface area contributed by atoms with Crippen LogP contribution in [0.5, 0.6) is 0 Å². The SMILES string of the molecule is C[C@H](NCc1cc[nH]c1)C(=O)OC(C)(C)C. The van der Waals surface area contributed by atoms with E-state index in [1.807, 2.05) is 39.2 Å². The highest BCUT2D eigenvalue weighted by Gasteiger charge is 2.21. The molecule has 1 rings (SSSR count). The lowest BCUT2D eigenvalue weighted by atomic mass is 10.2. The fraction of sp³-hybridized carbons (Fsp3) is 0.583. The molecular formula is C12H20N2O2. The molecule has 0 saturated carbocycles. The van der Waals surface area contributed by atoms with Crippen LogP contribution in [0.1, 0.15) is 33.3 Å². The maximum absolute atomic E-state index is 11.6.